The molecular formula is C32H25FI2N2O6S. The fourth-order valence-electron chi connectivity index (χ4n) is 4.69. The van der Waals surface area contributed by atoms with Gasteiger partial charge >= 0.3 is 11.9 Å². The largest absolute Gasteiger partial charge is 0.480 e. The second kappa shape index (κ2) is 14.2. The third kappa shape index (κ3) is 6.81. The molecular weight excluding hydrogens is 813 g/mol. The summed E-state index contributed by atoms with van der Waals surface area (Å²) in [5.41, 5.74) is 2.18. The molecule has 0 aliphatic carbocycles. The molecule has 1 aliphatic rings. The van der Waals surface area contributed by atoms with Crippen molar-refractivity contribution in [2.45, 2.75) is 19.9 Å². The van der Waals surface area contributed by atoms with Crippen LogP contribution in [0.5, 0.6) is 5.75 Å². The maximum atomic E-state index is 14.1. The van der Waals surface area contributed by atoms with Crippen LogP contribution in [0.1, 0.15) is 36.6 Å². The lowest BCUT2D eigenvalue weighted by Gasteiger charge is -2.25. The van der Waals surface area contributed by atoms with Gasteiger partial charge in [0.15, 0.2) is 11.4 Å². The quantitative estimate of drug-likeness (QED) is 0.170. The van der Waals surface area contributed by atoms with Crippen LogP contribution in [0.25, 0.3) is 11.8 Å². The minimum absolute atomic E-state index is 0.127. The fourth-order valence-corrected chi connectivity index (χ4v) is 7.82. The Labute approximate surface area is 283 Å². The smallest absolute Gasteiger partial charge is 0.344 e. The molecule has 12 heteroatoms. The number of carbonyl (C=O) groups is 2. The summed E-state index contributed by atoms with van der Waals surface area (Å²) in [7, 11) is 0. The Morgan fingerprint density at radius 1 is 1.00 bits per heavy atom. The zero-order chi connectivity index (χ0) is 31.4. The van der Waals surface area contributed by atoms with E-state index >= 15 is 0 Å². The summed E-state index contributed by atoms with van der Waals surface area (Å²) in [6.07, 6.45) is 1.75. The van der Waals surface area contributed by atoms with Gasteiger partial charge in [-0.25, -0.2) is 19.0 Å². The Balaban J connectivity index is 1.68. The van der Waals surface area contributed by atoms with Crippen molar-refractivity contribution in [1.29, 1.82) is 0 Å². The van der Waals surface area contributed by atoms with Gasteiger partial charge in [0.25, 0.3) is 5.56 Å². The number of benzene rings is 3. The van der Waals surface area contributed by atoms with E-state index in [-0.39, 0.29) is 31.0 Å². The summed E-state index contributed by atoms with van der Waals surface area (Å²) in [6, 6.07) is 17.7. The molecule has 0 N–H and O–H groups in total. The van der Waals surface area contributed by atoms with Gasteiger partial charge in [0.05, 0.1) is 42.2 Å². The van der Waals surface area contributed by atoms with Crippen molar-refractivity contribution in [3.8, 4) is 5.75 Å². The molecule has 0 unspecified atom stereocenters. The number of esters is 2. The van der Waals surface area contributed by atoms with Crippen molar-refractivity contribution in [2.75, 3.05) is 19.8 Å². The average Bonchev–Trinajstić information content (AvgIpc) is 3.31. The SMILES string of the molecule is CCOC(=O)COc1c(I)cc(/C=c2\sc3n(c2=O)[C@@H](c2ccc(F)cc2)C(C(=O)OCC)=C(c2ccccc2)N=3)cc1I. The summed E-state index contributed by atoms with van der Waals surface area (Å²) >= 11 is 5.43. The lowest BCUT2D eigenvalue weighted by molar-refractivity contribution is -0.145. The minimum atomic E-state index is -0.901. The Morgan fingerprint density at radius 3 is 2.30 bits per heavy atom. The molecule has 2 heterocycles. The van der Waals surface area contributed by atoms with E-state index in [1.807, 2.05) is 42.5 Å². The van der Waals surface area contributed by atoms with Crippen LogP contribution in [0.4, 0.5) is 4.39 Å². The van der Waals surface area contributed by atoms with E-state index in [0.717, 1.165) is 12.7 Å². The first-order valence-electron chi connectivity index (χ1n) is 13.5. The summed E-state index contributed by atoms with van der Waals surface area (Å²) in [5.74, 6) is -0.968. The van der Waals surface area contributed by atoms with Crippen molar-refractivity contribution in [2.24, 2.45) is 4.99 Å². The molecule has 0 saturated carbocycles. The second-order valence-electron chi connectivity index (χ2n) is 9.39. The summed E-state index contributed by atoms with van der Waals surface area (Å²) < 4.78 is 33.4. The van der Waals surface area contributed by atoms with Crippen molar-refractivity contribution in [1.82, 2.24) is 4.57 Å². The molecule has 1 atom stereocenters. The lowest BCUT2D eigenvalue weighted by Crippen LogP contribution is -2.40. The van der Waals surface area contributed by atoms with Gasteiger partial charge < -0.3 is 14.2 Å². The topological polar surface area (TPSA) is 96.2 Å². The third-order valence-corrected chi connectivity index (χ3v) is 9.10. The molecule has 0 fully saturated rings. The van der Waals surface area contributed by atoms with Crippen LogP contribution in [0.3, 0.4) is 0 Å². The highest BCUT2D eigenvalue weighted by molar-refractivity contribution is 14.1. The minimum Gasteiger partial charge on any atom is -0.480 e. The van der Waals surface area contributed by atoms with E-state index in [9.17, 15) is 18.8 Å². The molecule has 0 bridgehead atoms. The Kier molecular flexibility index (Phi) is 10.3. The molecule has 0 saturated heterocycles. The van der Waals surface area contributed by atoms with E-state index in [2.05, 4.69) is 45.2 Å². The predicted octanol–water partition coefficient (Wildman–Crippen LogP) is 5.23. The van der Waals surface area contributed by atoms with Crippen LogP contribution >= 0.6 is 56.5 Å². The van der Waals surface area contributed by atoms with Gasteiger partial charge in [-0.3, -0.25) is 9.36 Å². The van der Waals surface area contributed by atoms with Gasteiger partial charge in [0.2, 0.25) is 0 Å². The molecule has 0 radical (unpaired) electrons. The molecule has 4 aromatic rings. The maximum absolute atomic E-state index is 14.1. The van der Waals surface area contributed by atoms with Gasteiger partial charge in [-0.05, 0) is 100 Å². The molecule has 44 heavy (non-hydrogen) atoms. The number of carbonyl (C=O) groups excluding carboxylic acids is 2. The summed E-state index contributed by atoms with van der Waals surface area (Å²) in [4.78, 5) is 44.6. The number of hydrogen-bond acceptors (Lipinski definition) is 8. The first-order valence-corrected chi connectivity index (χ1v) is 16.5. The van der Waals surface area contributed by atoms with E-state index < -0.39 is 23.8 Å². The van der Waals surface area contributed by atoms with Gasteiger partial charge in [-0.1, -0.05) is 53.8 Å². The van der Waals surface area contributed by atoms with Crippen LogP contribution in [0, 0.1) is 13.0 Å². The zero-order valence-corrected chi connectivity index (χ0v) is 28.6. The number of halogens is 3. The number of rotatable bonds is 9. The zero-order valence-electron chi connectivity index (χ0n) is 23.5. The summed E-state index contributed by atoms with van der Waals surface area (Å²) in [5, 5.41) is 0. The molecule has 1 aromatic heterocycles. The molecule has 8 nitrogen and oxygen atoms in total. The Morgan fingerprint density at radius 2 is 1.66 bits per heavy atom. The van der Waals surface area contributed by atoms with Gasteiger partial charge in [-0.2, -0.15) is 0 Å². The monoisotopic (exact) mass is 838 g/mol. The molecule has 3 aromatic carbocycles. The molecule has 0 amide bonds. The van der Waals surface area contributed by atoms with Crippen LogP contribution in [-0.2, 0) is 19.1 Å². The van der Waals surface area contributed by atoms with E-state index in [1.54, 1.807) is 32.1 Å². The summed E-state index contributed by atoms with van der Waals surface area (Å²) in [6.45, 7) is 3.61. The standard InChI is InChI=1S/C32H25FI2N2O6S/c1-3-41-25(38)17-43-29-22(34)14-18(15-23(29)35)16-24-30(39)37-28(20-10-12-21(33)13-11-20)26(31(40)42-4-2)27(36-32(37)44-24)19-8-6-5-7-9-19/h5-16,28H,3-4,17H2,1-2H3/b24-16-/t28-/m0/s1. The predicted molar refractivity (Wildman–Crippen MR) is 181 cm³/mol. The highest BCUT2D eigenvalue weighted by Gasteiger charge is 2.35. The number of fused-ring (bicyclic) bond motifs is 1. The van der Waals surface area contributed by atoms with Crippen LogP contribution in [-0.4, -0.2) is 36.3 Å². The van der Waals surface area contributed by atoms with E-state index in [4.69, 9.17) is 19.2 Å². The van der Waals surface area contributed by atoms with Gasteiger partial charge in [0, 0.05) is 5.56 Å². The highest BCUT2D eigenvalue weighted by atomic mass is 127. The van der Waals surface area contributed by atoms with E-state index in [1.165, 1.54) is 28.0 Å². The van der Waals surface area contributed by atoms with Gasteiger partial charge in [0.1, 0.15) is 11.6 Å². The second-order valence-corrected chi connectivity index (χ2v) is 12.7. The number of nitrogens with zero attached hydrogens (tertiary/aromatic N) is 2. The number of aromatic nitrogens is 1. The van der Waals surface area contributed by atoms with Crippen LogP contribution in [0.15, 0.2) is 82.1 Å². The van der Waals surface area contributed by atoms with Gasteiger partial charge in [-0.15, -0.1) is 0 Å². The first-order chi connectivity index (χ1) is 21.2. The van der Waals surface area contributed by atoms with Crippen LogP contribution in [0.2, 0.25) is 0 Å². The molecule has 1 aliphatic heterocycles. The van der Waals surface area contributed by atoms with E-state index in [0.29, 0.717) is 31.9 Å². The van der Waals surface area contributed by atoms with Crippen molar-refractivity contribution < 1.29 is 28.2 Å². The molecule has 5 rings (SSSR count). The number of thiazole rings is 1. The van der Waals surface area contributed by atoms with Crippen molar-refractivity contribution >= 4 is 80.2 Å². The van der Waals surface area contributed by atoms with Crippen molar-refractivity contribution in [3.05, 3.63) is 122 Å². The highest BCUT2D eigenvalue weighted by Crippen LogP contribution is 2.35. The normalized spacial score (nSPS) is 14.6. The maximum Gasteiger partial charge on any atom is 0.344 e. The Bertz CT molecular complexity index is 1910. The first kappa shape index (κ1) is 32.0. The number of hydrogen-bond donors (Lipinski definition) is 0. The average molecular weight is 838 g/mol. The fraction of sp³-hybridized carbons (Fsp3) is 0.188. The number of ether oxygens (including phenoxy) is 3. The third-order valence-electron chi connectivity index (χ3n) is 6.52. The van der Waals surface area contributed by atoms with Crippen molar-refractivity contribution in [3.63, 3.8) is 0 Å². The lowest BCUT2D eigenvalue weighted by atomic mass is 9.93. The Hall–Kier alpha value is -3.37. The molecule has 0 spiro atoms. The van der Waals surface area contributed by atoms with Crippen LogP contribution < -0.4 is 19.6 Å². The molecule has 226 valence electrons.